The minimum Gasteiger partial charge on any atom is -0.478 e. The number of aliphatic hydroxyl groups is 1. The number of rotatable bonds is 4. The van der Waals surface area contributed by atoms with Gasteiger partial charge in [0.2, 0.25) is 0 Å². The molecule has 0 radical (unpaired) electrons. The van der Waals surface area contributed by atoms with Gasteiger partial charge in [0.1, 0.15) is 5.82 Å². The van der Waals surface area contributed by atoms with Gasteiger partial charge in [-0.3, -0.25) is 0 Å². The predicted molar refractivity (Wildman–Crippen MR) is 63.2 cm³/mol. The van der Waals surface area contributed by atoms with Crippen molar-refractivity contribution in [1.29, 1.82) is 0 Å². The first kappa shape index (κ1) is 11.9. The predicted octanol–water partition coefficient (Wildman–Crippen LogP) is 1.27. The van der Waals surface area contributed by atoms with Crippen LogP contribution in [0.2, 0.25) is 0 Å². The number of anilines is 1. The number of nitrogens with one attached hydrogen (secondary N) is 1. The minimum atomic E-state index is -0.955. The fourth-order valence-corrected chi connectivity index (χ4v) is 2.00. The van der Waals surface area contributed by atoms with E-state index >= 15 is 0 Å². The second-order valence-corrected chi connectivity index (χ2v) is 4.51. The molecule has 0 atom stereocenters. The molecule has 1 heterocycles. The molecule has 1 aromatic rings. The fraction of sp³-hybridized carbons (Fsp3) is 0.500. The van der Waals surface area contributed by atoms with Crippen molar-refractivity contribution in [2.45, 2.75) is 25.9 Å². The summed E-state index contributed by atoms with van der Waals surface area (Å²) >= 11 is 0. The summed E-state index contributed by atoms with van der Waals surface area (Å²) in [7, 11) is 0. The van der Waals surface area contributed by atoms with Crippen molar-refractivity contribution >= 4 is 11.8 Å². The van der Waals surface area contributed by atoms with Crippen LogP contribution in [0, 0.1) is 12.8 Å². The summed E-state index contributed by atoms with van der Waals surface area (Å²) in [5.41, 5.74) is 0.741. The van der Waals surface area contributed by atoms with E-state index in [-0.39, 0.29) is 11.7 Å². The van der Waals surface area contributed by atoms with Gasteiger partial charge >= 0.3 is 5.97 Å². The zero-order valence-corrected chi connectivity index (χ0v) is 9.68. The van der Waals surface area contributed by atoms with Crippen LogP contribution >= 0.6 is 0 Å². The Bertz CT molecular complexity index is 428. The third-order valence-corrected chi connectivity index (χ3v) is 3.10. The van der Waals surface area contributed by atoms with Gasteiger partial charge in [-0.25, -0.2) is 9.78 Å². The van der Waals surface area contributed by atoms with E-state index in [9.17, 15) is 4.79 Å². The van der Waals surface area contributed by atoms with Crippen molar-refractivity contribution in [3.8, 4) is 0 Å². The van der Waals surface area contributed by atoms with Crippen LogP contribution in [0.5, 0.6) is 0 Å². The van der Waals surface area contributed by atoms with Gasteiger partial charge in [-0.1, -0.05) is 0 Å². The highest BCUT2D eigenvalue weighted by atomic mass is 16.4. The average molecular weight is 236 g/mol. The summed E-state index contributed by atoms with van der Waals surface area (Å²) < 4.78 is 0. The van der Waals surface area contributed by atoms with E-state index < -0.39 is 5.97 Å². The molecular formula is C12H16N2O3. The van der Waals surface area contributed by atoms with Crippen molar-refractivity contribution in [2.75, 3.05) is 11.9 Å². The zero-order chi connectivity index (χ0) is 12.4. The Balaban J connectivity index is 1.93. The molecule has 5 heteroatoms. The molecule has 0 bridgehead atoms. The fourth-order valence-electron chi connectivity index (χ4n) is 2.00. The van der Waals surface area contributed by atoms with Crippen LogP contribution in [0.4, 0.5) is 5.82 Å². The number of hydrogen-bond donors (Lipinski definition) is 3. The van der Waals surface area contributed by atoms with Crippen LogP contribution < -0.4 is 5.32 Å². The smallest absolute Gasteiger partial charge is 0.337 e. The van der Waals surface area contributed by atoms with Crippen molar-refractivity contribution in [3.05, 3.63) is 23.4 Å². The van der Waals surface area contributed by atoms with Crippen molar-refractivity contribution in [3.63, 3.8) is 0 Å². The molecule has 92 valence electrons. The molecule has 0 saturated heterocycles. The molecule has 0 amide bonds. The topological polar surface area (TPSA) is 82.5 Å². The Hall–Kier alpha value is -1.62. The van der Waals surface area contributed by atoms with Crippen LogP contribution in [0.3, 0.4) is 0 Å². The van der Waals surface area contributed by atoms with E-state index in [0.29, 0.717) is 17.4 Å². The Morgan fingerprint density at radius 3 is 2.76 bits per heavy atom. The van der Waals surface area contributed by atoms with Crippen molar-refractivity contribution in [1.82, 2.24) is 4.98 Å². The summed E-state index contributed by atoms with van der Waals surface area (Å²) in [6.07, 6.45) is 1.52. The number of aromatic carboxylic acids is 1. The SMILES string of the molecule is Cc1nc(NCC2CC(O)C2)ccc1C(=O)O. The first-order chi connectivity index (χ1) is 8.06. The molecule has 1 saturated carbocycles. The Labute approximate surface area is 99.5 Å². The van der Waals surface area contributed by atoms with E-state index in [0.717, 1.165) is 19.4 Å². The molecule has 3 N–H and O–H groups in total. The summed E-state index contributed by atoms with van der Waals surface area (Å²) in [6.45, 7) is 2.46. The summed E-state index contributed by atoms with van der Waals surface area (Å²) in [5.74, 6) is 0.226. The monoisotopic (exact) mass is 236 g/mol. The highest BCUT2D eigenvalue weighted by Crippen LogP contribution is 2.27. The first-order valence-corrected chi connectivity index (χ1v) is 5.69. The van der Waals surface area contributed by atoms with Crippen LogP contribution in [0.1, 0.15) is 28.9 Å². The number of carbonyl (C=O) groups is 1. The van der Waals surface area contributed by atoms with Crippen molar-refractivity contribution in [2.24, 2.45) is 5.92 Å². The lowest BCUT2D eigenvalue weighted by molar-refractivity contribution is 0.0486. The molecular weight excluding hydrogens is 220 g/mol. The Kier molecular flexibility index (Phi) is 3.28. The Morgan fingerprint density at radius 1 is 1.53 bits per heavy atom. The average Bonchev–Trinajstić information content (AvgIpc) is 2.22. The maximum Gasteiger partial charge on any atom is 0.337 e. The molecule has 0 spiro atoms. The lowest BCUT2D eigenvalue weighted by atomic mass is 9.82. The lowest BCUT2D eigenvalue weighted by Crippen LogP contribution is -2.33. The number of aromatic nitrogens is 1. The molecule has 5 nitrogen and oxygen atoms in total. The highest BCUT2D eigenvalue weighted by Gasteiger charge is 2.26. The molecule has 1 aliphatic rings. The normalized spacial score (nSPS) is 22.9. The molecule has 0 aromatic carbocycles. The van der Waals surface area contributed by atoms with E-state index in [4.69, 9.17) is 10.2 Å². The largest absolute Gasteiger partial charge is 0.478 e. The van der Waals surface area contributed by atoms with Crippen LogP contribution in [0.25, 0.3) is 0 Å². The van der Waals surface area contributed by atoms with Gasteiger partial charge in [-0.05, 0) is 37.8 Å². The molecule has 0 unspecified atom stereocenters. The van der Waals surface area contributed by atoms with Gasteiger partial charge in [0, 0.05) is 6.54 Å². The van der Waals surface area contributed by atoms with Gasteiger partial charge in [0.25, 0.3) is 0 Å². The zero-order valence-electron chi connectivity index (χ0n) is 9.68. The molecule has 1 aromatic heterocycles. The quantitative estimate of drug-likeness (QED) is 0.733. The van der Waals surface area contributed by atoms with E-state index in [1.165, 1.54) is 0 Å². The maximum absolute atomic E-state index is 10.8. The molecule has 17 heavy (non-hydrogen) atoms. The van der Waals surface area contributed by atoms with Gasteiger partial charge in [-0.15, -0.1) is 0 Å². The van der Waals surface area contributed by atoms with E-state index in [1.54, 1.807) is 19.1 Å². The van der Waals surface area contributed by atoms with Crippen molar-refractivity contribution < 1.29 is 15.0 Å². The second-order valence-electron chi connectivity index (χ2n) is 4.51. The number of carboxylic acid groups (broad SMARTS) is 1. The third kappa shape index (κ3) is 2.74. The number of carboxylic acids is 1. The summed E-state index contributed by atoms with van der Waals surface area (Å²) in [4.78, 5) is 15.0. The van der Waals surface area contributed by atoms with Crippen LogP contribution in [-0.4, -0.2) is 33.8 Å². The number of aliphatic hydroxyl groups excluding tert-OH is 1. The number of hydrogen-bond acceptors (Lipinski definition) is 4. The van der Waals surface area contributed by atoms with Crippen LogP contribution in [0.15, 0.2) is 12.1 Å². The van der Waals surface area contributed by atoms with Gasteiger partial charge in [-0.2, -0.15) is 0 Å². The number of pyridine rings is 1. The lowest BCUT2D eigenvalue weighted by Gasteiger charge is -2.31. The van der Waals surface area contributed by atoms with Gasteiger partial charge in [0.05, 0.1) is 17.4 Å². The molecule has 1 aliphatic carbocycles. The minimum absolute atomic E-state index is 0.147. The summed E-state index contributed by atoms with van der Waals surface area (Å²) in [5, 5.41) is 21.2. The molecule has 1 fully saturated rings. The van der Waals surface area contributed by atoms with Gasteiger partial charge < -0.3 is 15.5 Å². The number of nitrogens with zero attached hydrogens (tertiary/aromatic N) is 1. The Morgan fingerprint density at radius 2 is 2.24 bits per heavy atom. The van der Waals surface area contributed by atoms with Crippen LogP contribution in [-0.2, 0) is 0 Å². The molecule has 2 rings (SSSR count). The van der Waals surface area contributed by atoms with Gasteiger partial charge in [0.15, 0.2) is 0 Å². The van der Waals surface area contributed by atoms with E-state index in [2.05, 4.69) is 10.3 Å². The first-order valence-electron chi connectivity index (χ1n) is 5.69. The maximum atomic E-state index is 10.8. The van der Waals surface area contributed by atoms with E-state index in [1.807, 2.05) is 0 Å². The molecule has 0 aliphatic heterocycles. The summed E-state index contributed by atoms with van der Waals surface area (Å²) in [6, 6.07) is 3.23. The highest BCUT2D eigenvalue weighted by molar-refractivity contribution is 5.89. The second kappa shape index (κ2) is 4.71. The number of aryl methyl sites for hydroxylation is 1. The third-order valence-electron chi connectivity index (χ3n) is 3.10. The standard InChI is InChI=1S/C12H16N2O3/c1-7-10(12(16)17)2-3-11(14-7)13-6-8-4-9(15)5-8/h2-3,8-9,15H,4-6H2,1H3,(H,13,14)(H,16,17).